The zero-order valence-corrected chi connectivity index (χ0v) is 7.83. The van der Waals surface area contributed by atoms with Crippen LogP contribution in [0.2, 0.25) is 0 Å². The first-order chi connectivity index (χ1) is 6.74. The lowest BCUT2D eigenvalue weighted by Gasteiger charge is -2.05. The third-order valence-electron chi connectivity index (χ3n) is 2.29. The second kappa shape index (κ2) is 3.49. The molecule has 0 amide bonds. The van der Waals surface area contributed by atoms with Crippen molar-refractivity contribution in [3.63, 3.8) is 0 Å². The zero-order chi connectivity index (χ0) is 10.0. The van der Waals surface area contributed by atoms with Crippen LogP contribution in [0.3, 0.4) is 0 Å². The summed E-state index contributed by atoms with van der Waals surface area (Å²) in [4.78, 5) is 8.01. The van der Waals surface area contributed by atoms with Gasteiger partial charge in [-0.05, 0) is 12.8 Å². The van der Waals surface area contributed by atoms with E-state index in [9.17, 15) is 4.39 Å². The summed E-state index contributed by atoms with van der Waals surface area (Å²) in [6.45, 7) is 1.15. The second-order valence-electron chi connectivity index (χ2n) is 3.48. The van der Waals surface area contributed by atoms with Crippen molar-refractivity contribution >= 4 is 5.95 Å². The van der Waals surface area contributed by atoms with E-state index < -0.39 is 5.67 Å². The van der Waals surface area contributed by atoms with E-state index >= 15 is 0 Å². The molecule has 1 saturated carbocycles. The van der Waals surface area contributed by atoms with Crippen molar-refractivity contribution < 1.29 is 4.39 Å². The molecule has 76 valence electrons. The molecule has 0 saturated heterocycles. The molecule has 1 fully saturated rings. The van der Waals surface area contributed by atoms with Gasteiger partial charge in [-0.2, -0.15) is 0 Å². The van der Waals surface area contributed by atoms with Gasteiger partial charge in [0.2, 0.25) is 5.95 Å². The summed E-state index contributed by atoms with van der Waals surface area (Å²) in [6.07, 6.45) is 4.26. The third-order valence-corrected chi connectivity index (χ3v) is 2.29. The van der Waals surface area contributed by atoms with Crippen molar-refractivity contribution in [1.29, 1.82) is 0 Å². The van der Waals surface area contributed by atoms with E-state index in [0.717, 1.165) is 0 Å². The predicted molar refractivity (Wildman–Crippen MR) is 51.6 cm³/mol. The second-order valence-corrected chi connectivity index (χ2v) is 3.48. The summed E-state index contributed by atoms with van der Waals surface area (Å²) < 4.78 is 13.5. The number of hydrogen-bond acceptors (Lipinski definition) is 4. The number of nitrogens with one attached hydrogen (secondary N) is 1. The molecule has 0 unspecified atom stereocenters. The molecule has 1 heterocycles. The van der Waals surface area contributed by atoms with Gasteiger partial charge in [-0.25, -0.2) is 14.4 Å². The van der Waals surface area contributed by atoms with E-state index in [4.69, 9.17) is 5.73 Å². The number of anilines is 1. The number of halogens is 1. The molecule has 4 nitrogen and oxygen atoms in total. The molecule has 0 aromatic carbocycles. The first-order valence-corrected chi connectivity index (χ1v) is 4.70. The fourth-order valence-electron chi connectivity index (χ4n) is 1.23. The van der Waals surface area contributed by atoms with E-state index in [1.54, 1.807) is 12.4 Å². The number of hydrogen-bond donors (Lipinski definition) is 2. The van der Waals surface area contributed by atoms with Crippen LogP contribution in [-0.4, -0.2) is 23.1 Å². The topological polar surface area (TPSA) is 63.8 Å². The molecule has 5 heteroatoms. The van der Waals surface area contributed by atoms with Gasteiger partial charge in [-0.1, -0.05) is 0 Å². The van der Waals surface area contributed by atoms with Crippen molar-refractivity contribution in [3.8, 4) is 0 Å². The molecule has 14 heavy (non-hydrogen) atoms. The Morgan fingerprint density at radius 2 is 2.07 bits per heavy atom. The largest absolute Gasteiger partial charge is 0.353 e. The summed E-state index contributed by atoms with van der Waals surface area (Å²) in [7, 11) is 0. The van der Waals surface area contributed by atoms with Crippen LogP contribution in [0.15, 0.2) is 12.4 Å². The summed E-state index contributed by atoms with van der Waals surface area (Å²) in [6, 6.07) is 0. The van der Waals surface area contributed by atoms with Crippen molar-refractivity contribution in [2.75, 3.05) is 18.4 Å². The molecule has 1 aliphatic rings. The van der Waals surface area contributed by atoms with Gasteiger partial charge in [0, 0.05) is 31.0 Å². The van der Waals surface area contributed by atoms with Crippen LogP contribution in [0.1, 0.15) is 18.4 Å². The average Bonchev–Trinajstić information content (AvgIpc) is 2.96. The molecule has 0 radical (unpaired) electrons. The van der Waals surface area contributed by atoms with E-state index in [-0.39, 0.29) is 0 Å². The Morgan fingerprint density at radius 1 is 1.43 bits per heavy atom. The highest BCUT2D eigenvalue weighted by molar-refractivity contribution is 5.29. The van der Waals surface area contributed by atoms with E-state index in [2.05, 4.69) is 15.3 Å². The van der Waals surface area contributed by atoms with Crippen LogP contribution in [-0.2, 0) is 5.67 Å². The van der Waals surface area contributed by atoms with E-state index in [0.29, 0.717) is 37.4 Å². The van der Waals surface area contributed by atoms with Gasteiger partial charge in [0.1, 0.15) is 5.67 Å². The van der Waals surface area contributed by atoms with Gasteiger partial charge in [0.05, 0.1) is 0 Å². The monoisotopic (exact) mass is 196 g/mol. The lowest BCUT2D eigenvalue weighted by Crippen LogP contribution is -2.15. The van der Waals surface area contributed by atoms with Gasteiger partial charge in [0.15, 0.2) is 0 Å². The number of nitrogens with zero attached hydrogens (tertiary/aromatic N) is 2. The standard InChI is InChI=1S/C9H13FN4/c10-9(1-2-9)7-5-13-8(14-6-7)12-4-3-11/h5-6H,1-4,11H2,(H,12,13,14). The molecule has 3 N–H and O–H groups in total. The van der Waals surface area contributed by atoms with Crippen molar-refractivity contribution in [3.05, 3.63) is 18.0 Å². The normalized spacial score (nSPS) is 17.9. The Kier molecular flexibility index (Phi) is 2.33. The highest BCUT2D eigenvalue weighted by atomic mass is 19.1. The average molecular weight is 196 g/mol. The van der Waals surface area contributed by atoms with Crippen LogP contribution >= 0.6 is 0 Å². The molecular formula is C9H13FN4. The van der Waals surface area contributed by atoms with Crippen molar-refractivity contribution in [2.24, 2.45) is 5.73 Å². The number of rotatable bonds is 4. The maximum atomic E-state index is 13.5. The minimum absolute atomic E-state index is 0.503. The lowest BCUT2D eigenvalue weighted by atomic mass is 10.2. The summed E-state index contributed by atoms with van der Waals surface area (Å²) in [5.41, 5.74) is 4.74. The molecule has 0 aliphatic heterocycles. The Morgan fingerprint density at radius 3 is 2.57 bits per heavy atom. The zero-order valence-electron chi connectivity index (χ0n) is 7.83. The minimum Gasteiger partial charge on any atom is -0.353 e. The van der Waals surface area contributed by atoms with Crippen LogP contribution < -0.4 is 11.1 Å². The molecule has 0 bridgehead atoms. The smallest absolute Gasteiger partial charge is 0.222 e. The molecule has 0 spiro atoms. The minimum atomic E-state index is -1.15. The number of aromatic nitrogens is 2. The molecule has 1 aromatic rings. The van der Waals surface area contributed by atoms with E-state index in [1.165, 1.54) is 0 Å². The van der Waals surface area contributed by atoms with Gasteiger partial charge in [-0.15, -0.1) is 0 Å². The Labute approximate surface area is 81.7 Å². The molecule has 1 aliphatic carbocycles. The maximum absolute atomic E-state index is 13.5. The highest BCUT2D eigenvalue weighted by Gasteiger charge is 2.45. The van der Waals surface area contributed by atoms with Crippen LogP contribution in [0, 0.1) is 0 Å². The van der Waals surface area contributed by atoms with E-state index in [1.807, 2.05) is 0 Å². The van der Waals surface area contributed by atoms with Crippen molar-refractivity contribution in [1.82, 2.24) is 9.97 Å². The Balaban J connectivity index is 2.03. The molecule has 0 atom stereocenters. The summed E-state index contributed by atoms with van der Waals surface area (Å²) in [5, 5.41) is 2.92. The number of alkyl halides is 1. The van der Waals surface area contributed by atoms with Crippen LogP contribution in [0.5, 0.6) is 0 Å². The summed E-state index contributed by atoms with van der Waals surface area (Å²) in [5.74, 6) is 0.503. The first-order valence-electron chi connectivity index (χ1n) is 4.70. The lowest BCUT2D eigenvalue weighted by molar-refractivity contribution is 0.316. The molecule has 2 rings (SSSR count). The van der Waals surface area contributed by atoms with Crippen LogP contribution in [0.25, 0.3) is 0 Å². The maximum Gasteiger partial charge on any atom is 0.222 e. The quantitative estimate of drug-likeness (QED) is 0.747. The fraction of sp³-hybridized carbons (Fsp3) is 0.556. The fourth-order valence-corrected chi connectivity index (χ4v) is 1.23. The first kappa shape index (κ1) is 9.33. The van der Waals surface area contributed by atoms with Crippen molar-refractivity contribution in [2.45, 2.75) is 18.5 Å². The van der Waals surface area contributed by atoms with Crippen LogP contribution in [0.4, 0.5) is 10.3 Å². The van der Waals surface area contributed by atoms with Gasteiger partial charge < -0.3 is 11.1 Å². The molecule has 1 aromatic heterocycles. The van der Waals surface area contributed by atoms with Gasteiger partial charge in [-0.3, -0.25) is 0 Å². The SMILES string of the molecule is NCCNc1ncc(C2(F)CC2)cn1. The predicted octanol–water partition coefficient (Wildman–Crippen LogP) is 0.806. The Hall–Kier alpha value is -1.23. The van der Waals surface area contributed by atoms with Gasteiger partial charge in [0.25, 0.3) is 0 Å². The third kappa shape index (κ3) is 1.82. The Bertz CT molecular complexity index is 307. The molecular weight excluding hydrogens is 183 g/mol. The number of nitrogens with two attached hydrogens (primary N) is 1. The summed E-state index contributed by atoms with van der Waals surface area (Å²) >= 11 is 0. The highest BCUT2D eigenvalue weighted by Crippen LogP contribution is 2.48. The van der Waals surface area contributed by atoms with Gasteiger partial charge >= 0.3 is 0 Å².